The molecule has 1 aromatic rings. The molecule has 1 aromatic heterocycles. The fraction of sp³-hybridized carbons (Fsp3) is 0.600. The predicted molar refractivity (Wildman–Crippen MR) is 81.2 cm³/mol. The lowest BCUT2D eigenvalue weighted by Gasteiger charge is -2.26. The molecule has 0 atom stereocenters. The number of nitrogens with one attached hydrogen (secondary N) is 2. The molecule has 0 saturated carbocycles. The summed E-state index contributed by atoms with van der Waals surface area (Å²) < 4.78 is 5.65. The second-order valence-electron chi connectivity index (χ2n) is 5.44. The number of piperazine rings is 1. The summed E-state index contributed by atoms with van der Waals surface area (Å²) in [6, 6.07) is 3.78. The van der Waals surface area contributed by atoms with Gasteiger partial charge in [0.25, 0.3) is 0 Å². The van der Waals surface area contributed by atoms with Gasteiger partial charge in [-0.25, -0.2) is 4.98 Å². The Hall–Kier alpha value is -1.66. The molecule has 1 fully saturated rings. The molecule has 0 spiro atoms. The van der Waals surface area contributed by atoms with E-state index in [1.165, 1.54) is 0 Å². The van der Waals surface area contributed by atoms with E-state index in [2.05, 4.69) is 20.5 Å². The molecule has 1 aliphatic heterocycles. The van der Waals surface area contributed by atoms with Crippen LogP contribution in [0.15, 0.2) is 18.3 Å². The number of ether oxygens (including phenoxy) is 1. The molecular weight excluding hydrogens is 268 g/mol. The minimum absolute atomic E-state index is 0.0382. The zero-order chi connectivity index (χ0) is 15.1. The van der Waals surface area contributed by atoms with Crippen molar-refractivity contribution in [2.75, 3.05) is 32.7 Å². The van der Waals surface area contributed by atoms with Crippen molar-refractivity contribution in [2.45, 2.75) is 26.5 Å². The van der Waals surface area contributed by atoms with Gasteiger partial charge in [-0.1, -0.05) is 6.07 Å². The maximum absolute atomic E-state index is 12.0. The van der Waals surface area contributed by atoms with Crippen LogP contribution in [0, 0.1) is 0 Å². The van der Waals surface area contributed by atoms with Gasteiger partial charge in [-0.15, -0.1) is 0 Å². The number of amides is 1. The van der Waals surface area contributed by atoms with Crippen LogP contribution in [0.1, 0.15) is 19.4 Å². The van der Waals surface area contributed by atoms with Crippen molar-refractivity contribution in [1.29, 1.82) is 0 Å². The fourth-order valence-corrected chi connectivity index (χ4v) is 2.21. The number of hydrogen-bond acceptors (Lipinski definition) is 5. The molecule has 1 aliphatic rings. The monoisotopic (exact) mass is 292 g/mol. The number of carbonyl (C=O) groups is 1. The predicted octanol–water partition coefficient (Wildman–Crippen LogP) is 0.390. The van der Waals surface area contributed by atoms with Crippen LogP contribution >= 0.6 is 0 Å². The summed E-state index contributed by atoms with van der Waals surface area (Å²) in [6.45, 7) is 8.54. The quantitative estimate of drug-likeness (QED) is 0.794. The van der Waals surface area contributed by atoms with Gasteiger partial charge in [0.15, 0.2) is 0 Å². The Morgan fingerprint density at radius 2 is 2.24 bits per heavy atom. The average molecular weight is 292 g/mol. The van der Waals surface area contributed by atoms with Crippen molar-refractivity contribution in [3.05, 3.63) is 23.9 Å². The van der Waals surface area contributed by atoms with E-state index in [1.54, 1.807) is 6.20 Å². The van der Waals surface area contributed by atoms with Crippen molar-refractivity contribution < 1.29 is 9.53 Å². The summed E-state index contributed by atoms with van der Waals surface area (Å²) in [5.74, 6) is 0.631. The van der Waals surface area contributed by atoms with Crippen molar-refractivity contribution in [3.8, 4) is 5.88 Å². The zero-order valence-corrected chi connectivity index (χ0v) is 12.8. The van der Waals surface area contributed by atoms with Crippen LogP contribution in [0.5, 0.6) is 5.88 Å². The first-order chi connectivity index (χ1) is 10.1. The third kappa shape index (κ3) is 5.32. The van der Waals surface area contributed by atoms with Crippen molar-refractivity contribution in [2.24, 2.45) is 0 Å². The Morgan fingerprint density at radius 1 is 1.48 bits per heavy atom. The molecule has 2 heterocycles. The van der Waals surface area contributed by atoms with E-state index in [4.69, 9.17) is 4.74 Å². The molecule has 2 rings (SSSR count). The van der Waals surface area contributed by atoms with Gasteiger partial charge in [0, 0.05) is 44.5 Å². The SMILES string of the molecule is CC(C)Oc1ncccc1CNC(=O)CN1CCNCC1. The van der Waals surface area contributed by atoms with Crippen LogP contribution in [0.4, 0.5) is 0 Å². The first kappa shape index (κ1) is 15.7. The lowest BCUT2D eigenvalue weighted by atomic mass is 10.2. The maximum atomic E-state index is 12.0. The highest BCUT2D eigenvalue weighted by Crippen LogP contribution is 2.15. The highest BCUT2D eigenvalue weighted by Gasteiger charge is 2.14. The van der Waals surface area contributed by atoms with Gasteiger partial charge in [0.05, 0.1) is 12.6 Å². The number of aromatic nitrogens is 1. The number of carbonyl (C=O) groups excluding carboxylic acids is 1. The van der Waals surface area contributed by atoms with Gasteiger partial charge >= 0.3 is 0 Å². The standard InChI is InChI=1S/C15H24N4O2/c1-12(2)21-15-13(4-3-5-17-15)10-18-14(20)11-19-8-6-16-7-9-19/h3-5,12,16H,6-11H2,1-2H3,(H,18,20). The largest absolute Gasteiger partial charge is 0.475 e. The molecule has 2 N–H and O–H groups in total. The minimum atomic E-state index is 0.0382. The van der Waals surface area contributed by atoms with Gasteiger partial charge in [-0.05, 0) is 19.9 Å². The fourth-order valence-electron chi connectivity index (χ4n) is 2.21. The molecule has 1 saturated heterocycles. The highest BCUT2D eigenvalue weighted by atomic mass is 16.5. The van der Waals surface area contributed by atoms with Crippen LogP contribution in [-0.4, -0.2) is 54.6 Å². The summed E-state index contributed by atoms with van der Waals surface area (Å²) in [5.41, 5.74) is 0.903. The third-order valence-electron chi connectivity index (χ3n) is 3.25. The number of hydrogen-bond donors (Lipinski definition) is 2. The van der Waals surface area contributed by atoms with Crippen LogP contribution in [0.3, 0.4) is 0 Å². The highest BCUT2D eigenvalue weighted by molar-refractivity contribution is 5.78. The molecule has 0 aliphatic carbocycles. The molecule has 0 bridgehead atoms. The van der Waals surface area contributed by atoms with Gasteiger partial charge in [0.1, 0.15) is 0 Å². The summed E-state index contributed by atoms with van der Waals surface area (Å²) in [6.07, 6.45) is 1.76. The molecule has 1 amide bonds. The van der Waals surface area contributed by atoms with Crippen molar-refractivity contribution in [3.63, 3.8) is 0 Å². The molecule has 116 valence electrons. The van der Waals surface area contributed by atoms with E-state index in [-0.39, 0.29) is 12.0 Å². The summed E-state index contributed by atoms with van der Waals surface area (Å²) in [5, 5.41) is 6.21. The molecule has 21 heavy (non-hydrogen) atoms. The number of rotatable bonds is 6. The van der Waals surface area contributed by atoms with Crippen LogP contribution in [0.25, 0.3) is 0 Å². The second kappa shape index (κ2) is 7.95. The molecule has 0 aromatic carbocycles. The number of nitrogens with zero attached hydrogens (tertiary/aromatic N) is 2. The topological polar surface area (TPSA) is 66.5 Å². The average Bonchev–Trinajstić information content (AvgIpc) is 2.47. The normalized spacial score (nSPS) is 16.0. The Kier molecular flexibility index (Phi) is 5.95. The maximum Gasteiger partial charge on any atom is 0.234 e. The van der Waals surface area contributed by atoms with Gasteiger partial charge in [-0.2, -0.15) is 0 Å². The van der Waals surface area contributed by atoms with Crippen LogP contribution in [-0.2, 0) is 11.3 Å². The lowest BCUT2D eigenvalue weighted by Crippen LogP contribution is -2.47. The van der Waals surface area contributed by atoms with Gasteiger partial charge in [-0.3, -0.25) is 9.69 Å². The Balaban J connectivity index is 1.83. The van der Waals surface area contributed by atoms with Gasteiger partial charge in [0.2, 0.25) is 11.8 Å². The molecule has 6 heteroatoms. The van der Waals surface area contributed by atoms with E-state index >= 15 is 0 Å². The molecule has 6 nitrogen and oxygen atoms in total. The first-order valence-corrected chi connectivity index (χ1v) is 7.45. The smallest absolute Gasteiger partial charge is 0.234 e. The third-order valence-corrected chi connectivity index (χ3v) is 3.25. The minimum Gasteiger partial charge on any atom is -0.475 e. The van der Waals surface area contributed by atoms with E-state index in [9.17, 15) is 4.79 Å². The van der Waals surface area contributed by atoms with Crippen LogP contribution in [0.2, 0.25) is 0 Å². The summed E-state index contributed by atoms with van der Waals surface area (Å²) >= 11 is 0. The van der Waals surface area contributed by atoms with E-state index in [0.29, 0.717) is 19.0 Å². The lowest BCUT2D eigenvalue weighted by molar-refractivity contribution is -0.122. The number of pyridine rings is 1. The zero-order valence-electron chi connectivity index (χ0n) is 12.8. The molecular formula is C15H24N4O2. The van der Waals surface area contributed by atoms with Crippen molar-refractivity contribution >= 4 is 5.91 Å². The van der Waals surface area contributed by atoms with E-state index in [0.717, 1.165) is 31.7 Å². The first-order valence-electron chi connectivity index (χ1n) is 7.45. The Bertz CT molecular complexity index is 459. The Morgan fingerprint density at radius 3 is 2.95 bits per heavy atom. The summed E-state index contributed by atoms with van der Waals surface area (Å²) in [4.78, 5) is 18.4. The Labute approximate surface area is 125 Å². The van der Waals surface area contributed by atoms with E-state index in [1.807, 2.05) is 26.0 Å². The van der Waals surface area contributed by atoms with Crippen LogP contribution < -0.4 is 15.4 Å². The van der Waals surface area contributed by atoms with Gasteiger partial charge < -0.3 is 15.4 Å². The molecule has 0 radical (unpaired) electrons. The second-order valence-corrected chi connectivity index (χ2v) is 5.44. The van der Waals surface area contributed by atoms with E-state index < -0.39 is 0 Å². The summed E-state index contributed by atoms with van der Waals surface area (Å²) in [7, 11) is 0. The van der Waals surface area contributed by atoms with Crippen molar-refractivity contribution in [1.82, 2.24) is 20.5 Å². The molecule has 0 unspecified atom stereocenters.